The van der Waals surface area contributed by atoms with Crippen LogP contribution in [0.3, 0.4) is 0 Å². The van der Waals surface area contributed by atoms with Crippen molar-refractivity contribution in [1.82, 2.24) is 4.90 Å². The van der Waals surface area contributed by atoms with Crippen molar-refractivity contribution in [3.8, 4) is 0 Å². The normalized spacial score (nSPS) is 12.3. The Morgan fingerprint density at radius 1 is 0.525 bits per heavy atom. The fourth-order valence-corrected chi connectivity index (χ4v) is 5.56. The highest BCUT2D eigenvalue weighted by atomic mass is 16.5. The fraction of sp³-hybridized carbons (Fsp3) is 0.971. The first kappa shape index (κ1) is 39.4. The number of nitrogens with zero attached hydrogens (tertiary/aromatic N) is 1. The van der Waals surface area contributed by atoms with E-state index in [1.54, 1.807) is 0 Å². The van der Waals surface area contributed by atoms with Gasteiger partial charge in [-0.15, -0.1) is 0 Å². The van der Waals surface area contributed by atoms with Gasteiger partial charge < -0.3 is 19.8 Å². The zero-order valence-electron chi connectivity index (χ0n) is 27.2. The van der Waals surface area contributed by atoms with Crippen molar-refractivity contribution in [2.45, 2.75) is 174 Å². The second kappa shape index (κ2) is 32.9. The zero-order chi connectivity index (χ0) is 29.4. The molecule has 0 fully saturated rings. The second-order valence-corrected chi connectivity index (χ2v) is 12.2. The molecule has 0 saturated heterocycles. The minimum Gasteiger partial charge on any atom is -0.465 e. The quantitative estimate of drug-likeness (QED) is 0.0609. The summed E-state index contributed by atoms with van der Waals surface area (Å²) in [4.78, 5) is 15.4. The summed E-state index contributed by atoms with van der Waals surface area (Å²) < 4.78 is 5.77. The van der Waals surface area contributed by atoms with Gasteiger partial charge in [0.15, 0.2) is 0 Å². The Kier molecular flexibility index (Phi) is 32.3. The summed E-state index contributed by atoms with van der Waals surface area (Å²) in [5.74, 6) is 0.177. The highest BCUT2D eigenvalue weighted by Crippen LogP contribution is 2.21. The molecule has 40 heavy (non-hydrogen) atoms. The van der Waals surface area contributed by atoms with Gasteiger partial charge in [0, 0.05) is 13.2 Å². The standard InChI is InChI=1S/C35H71NO4/c1-3-5-7-9-10-13-19-27-34(26-18-8-6-4-2)35(39)40-33-25-17-12-15-21-29-36(30-22-24-32-38)28-20-14-11-16-23-31-37/h34,37-38H,3-33H2,1-2H3. The van der Waals surface area contributed by atoms with E-state index in [-0.39, 0.29) is 18.5 Å². The number of rotatable bonds is 33. The number of hydrogen-bond acceptors (Lipinski definition) is 5. The van der Waals surface area contributed by atoms with Gasteiger partial charge in [-0.3, -0.25) is 4.79 Å². The van der Waals surface area contributed by atoms with Crippen molar-refractivity contribution in [3.05, 3.63) is 0 Å². The summed E-state index contributed by atoms with van der Waals surface area (Å²) >= 11 is 0. The van der Waals surface area contributed by atoms with Gasteiger partial charge in [-0.25, -0.2) is 0 Å². The van der Waals surface area contributed by atoms with Crippen molar-refractivity contribution >= 4 is 5.97 Å². The number of carbonyl (C=O) groups excluding carboxylic acids is 1. The molecular weight excluding hydrogens is 498 g/mol. The van der Waals surface area contributed by atoms with Gasteiger partial charge in [-0.1, -0.05) is 123 Å². The van der Waals surface area contributed by atoms with Crippen LogP contribution in [0.4, 0.5) is 0 Å². The number of hydrogen-bond donors (Lipinski definition) is 2. The van der Waals surface area contributed by atoms with Crippen molar-refractivity contribution in [2.24, 2.45) is 5.92 Å². The van der Waals surface area contributed by atoms with Crippen LogP contribution in [0.15, 0.2) is 0 Å². The molecule has 0 aliphatic rings. The van der Waals surface area contributed by atoms with Crippen LogP contribution in [0.5, 0.6) is 0 Å². The summed E-state index contributed by atoms with van der Waals surface area (Å²) in [5, 5.41) is 18.0. The lowest BCUT2D eigenvalue weighted by Crippen LogP contribution is -2.27. The molecule has 0 radical (unpaired) electrons. The van der Waals surface area contributed by atoms with Crippen molar-refractivity contribution in [3.63, 3.8) is 0 Å². The Balaban J connectivity index is 4.09. The molecule has 0 bridgehead atoms. The van der Waals surface area contributed by atoms with Crippen molar-refractivity contribution in [1.29, 1.82) is 0 Å². The van der Waals surface area contributed by atoms with Crippen LogP contribution in [-0.4, -0.2) is 60.5 Å². The molecule has 0 aliphatic heterocycles. The van der Waals surface area contributed by atoms with Gasteiger partial charge in [0.2, 0.25) is 0 Å². The first-order chi connectivity index (χ1) is 19.7. The lowest BCUT2D eigenvalue weighted by Gasteiger charge is -2.22. The molecule has 0 aromatic carbocycles. The summed E-state index contributed by atoms with van der Waals surface area (Å²) in [5.41, 5.74) is 0. The minimum atomic E-state index is 0.0670. The van der Waals surface area contributed by atoms with E-state index in [1.807, 2.05) is 0 Å². The molecule has 1 atom stereocenters. The first-order valence-electron chi connectivity index (χ1n) is 17.8. The monoisotopic (exact) mass is 570 g/mol. The lowest BCUT2D eigenvalue weighted by molar-refractivity contribution is -0.149. The topological polar surface area (TPSA) is 70.0 Å². The third-order valence-electron chi connectivity index (χ3n) is 8.27. The second-order valence-electron chi connectivity index (χ2n) is 12.2. The highest BCUT2D eigenvalue weighted by molar-refractivity contribution is 5.72. The molecule has 2 N–H and O–H groups in total. The maximum absolute atomic E-state index is 12.8. The molecule has 0 saturated carbocycles. The fourth-order valence-electron chi connectivity index (χ4n) is 5.56. The van der Waals surface area contributed by atoms with Gasteiger partial charge in [-0.05, 0) is 71.0 Å². The average molecular weight is 570 g/mol. The third kappa shape index (κ3) is 27.5. The van der Waals surface area contributed by atoms with Crippen LogP contribution in [0.2, 0.25) is 0 Å². The highest BCUT2D eigenvalue weighted by Gasteiger charge is 2.19. The van der Waals surface area contributed by atoms with E-state index in [0.29, 0.717) is 13.2 Å². The Bertz CT molecular complexity index is 502. The van der Waals surface area contributed by atoms with Crippen LogP contribution < -0.4 is 0 Å². The van der Waals surface area contributed by atoms with Crippen LogP contribution in [0.1, 0.15) is 174 Å². The van der Waals surface area contributed by atoms with E-state index in [1.165, 1.54) is 103 Å². The van der Waals surface area contributed by atoms with Gasteiger partial charge >= 0.3 is 5.97 Å². The Hall–Kier alpha value is -0.650. The molecule has 0 amide bonds. The first-order valence-corrected chi connectivity index (χ1v) is 17.8. The van der Waals surface area contributed by atoms with Gasteiger partial charge in [0.05, 0.1) is 12.5 Å². The van der Waals surface area contributed by atoms with Crippen LogP contribution in [0.25, 0.3) is 0 Å². The molecule has 5 heteroatoms. The third-order valence-corrected chi connectivity index (χ3v) is 8.27. The molecule has 0 rings (SSSR count). The molecule has 0 aromatic rings. The minimum absolute atomic E-state index is 0.0670. The van der Waals surface area contributed by atoms with Gasteiger partial charge in [0.1, 0.15) is 0 Å². The van der Waals surface area contributed by atoms with Crippen molar-refractivity contribution in [2.75, 3.05) is 39.5 Å². The van der Waals surface area contributed by atoms with Gasteiger partial charge in [-0.2, -0.15) is 0 Å². The van der Waals surface area contributed by atoms with Crippen LogP contribution >= 0.6 is 0 Å². The Morgan fingerprint density at radius 2 is 0.900 bits per heavy atom. The lowest BCUT2D eigenvalue weighted by atomic mass is 9.94. The molecule has 1 unspecified atom stereocenters. The van der Waals surface area contributed by atoms with Crippen LogP contribution in [-0.2, 0) is 9.53 Å². The molecule has 0 aromatic heterocycles. The summed E-state index contributed by atoms with van der Waals surface area (Å²) in [6, 6.07) is 0. The van der Waals surface area contributed by atoms with E-state index < -0.39 is 0 Å². The molecule has 5 nitrogen and oxygen atoms in total. The van der Waals surface area contributed by atoms with Crippen LogP contribution in [0, 0.1) is 5.92 Å². The zero-order valence-corrected chi connectivity index (χ0v) is 27.2. The predicted octanol–water partition coefficient (Wildman–Crippen LogP) is 9.22. The van der Waals surface area contributed by atoms with E-state index in [0.717, 1.165) is 77.4 Å². The number of unbranched alkanes of at least 4 members (excludes halogenated alkanes) is 18. The largest absolute Gasteiger partial charge is 0.465 e. The smallest absolute Gasteiger partial charge is 0.308 e. The number of aliphatic hydroxyl groups is 2. The van der Waals surface area contributed by atoms with E-state index >= 15 is 0 Å². The van der Waals surface area contributed by atoms with E-state index in [4.69, 9.17) is 14.9 Å². The number of esters is 1. The summed E-state index contributed by atoms with van der Waals surface area (Å²) in [6.45, 7) is 9.08. The molecular formula is C35H71NO4. The molecule has 0 heterocycles. The summed E-state index contributed by atoms with van der Waals surface area (Å²) in [6.07, 6.45) is 29.5. The molecule has 240 valence electrons. The van der Waals surface area contributed by atoms with Crippen molar-refractivity contribution < 1.29 is 19.7 Å². The number of carbonyl (C=O) groups is 1. The molecule has 0 spiro atoms. The summed E-state index contributed by atoms with van der Waals surface area (Å²) in [7, 11) is 0. The number of aliphatic hydroxyl groups excluding tert-OH is 2. The predicted molar refractivity (Wildman–Crippen MR) is 172 cm³/mol. The van der Waals surface area contributed by atoms with E-state index in [2.05, 4.69) is 18.7 Å². The maximum atomic E-state index is 12.8. The molecule has 0 aliphatic carbocycles. The van der Waals surface area contributed by atoms with E-state index in [9.17, 15) is 4.79 Å². The Morgan fingerprint density at radius 3 is 1.43 bits per heavy atom. The van der Waals surface area contributed by atoms with Gasteiger partial charge in [0.25, 0.3) is 0 Å². The number of ether oxygens (including phenoxy) is 1. The SMILES string of the molecule is CCCCCCCCCC(CCCCCC)C(=O)OCCCCCCCN(CCCCO)CCCCCCCO. The maximum Gasteiger partial charge on any atom is 0.308 e. The Labute approximate surface area is 250 Å². The average Bonchev–Trinajstić information content (AvgIpc) is 2.96.